The quantitative estimate of drug-likeness (QED) is 0.520. The molecule has 0 spiro atoms. The predicted octanol–water partition coefficient (Wildman–Crippen LogP) is -0.435. The Balaban J connectivity index is 2.19. The van der Waals surface area contributed by atoms with E-state index in [9.17, 15) is 0 Å². The van der Waals surface area contributed by atoms with E-state index in [0.717, 1.165) is 13.1 Å². The summed E-state index contributed by atoms with van der Waals surface area (Å²) in [5, 5.41) is 15.6. The lowest BCUT2D eigenvalue weighted by Gasteiger charge is -2.33. The molecule has 66 valence electrons. The number of hydrogen-bond acceptors (Lipinski definition) is 3. The number of nitrogens with one attached hydrogen (secondary N) is 2. The van der Waals surface area contributed by atoms with Gasteiger partial charge in [0.25, 0.3) is 0 Å². The Labute approximate surface area is 68.2 Å². The summed E-state index contributed by atoms with van der Waals surface area (Å²) in [5.74, 6) is 0.514. The van der Waals surface area contributed by atoms with E-state index in [-0.39, 0.29) is 12.6 Å². The lowest BCUT2D eigenvalue weighted by Crippen LogP contribution is -2.59. The second-order valence-corrected chi connectivity index (χ2v) is 3.55. The summed E-state index contributed by atoms with van der Waals surface area (Å²) >= 11 is 0. The first-order valence-electron chi connectivity index (χ1n) is 4.31. The molecule has 0 saturated carbocycles. The summed E-state index contributed by atoms with van der Waals surface area (Å²) in [5.41, 5.74) is 0. The van der Waals surface area contributed by atoms with Crippen LogP contribution in [0.2, 0.25) is 0 Å². The molecule has 3 heteroatoms. The average Bonchev–Trinajstić information content (AvgIpc) is 1.85. The second-order valence-electron chi connectivity index (χ2n) is 3.55. The standard InChI is InChI=1S/C8H18N2O/c1-6(2)8(5-11)10-7-3-9-4-7/h6-11H,3-5H2,1-2H3. The third kappa shape index (κ3) is 2.43. The molecule has 0 radical (unpaired) electrons. The molecule has 0 bridgehead atoms. The molecule has 1 rings (SSSR count). The van der Waals surface area contributed by atoms with Gasteiger partial charge < -0.3 is 15.7 Å². The van der Waals surface area contributed by atoms with E-state index < -0.39 is 0 Å². The first-order chi connectivity index (χ1) is 5.24. The van der Waals surface area contributed by atoms with Crippen molar-refractivity contribution in [1.29, 1.82) is 0 Å². The van der Waals surface area contributed by atoms with E-state index in [1.807, 2.05) is 0 Å². The molecule has 3 N–H and O–H groups in total. The van der Waals surface area contributed by atoms with Gasteiger partial charge >= 0.3 is 0 Å². The molecule has 11 heavy (non-hydrogen) atoms. The van der Waals surface area contributed by atoms with Crippen molar-refractivity contribution in [2.24, 2.45) is 5.92 Å². The van der Waals surface area contributed by atoms with Crippen molar-refractivity contribution in [1.82, 2.24) is 10.6 Å². The van der Waals surface area contributed by atoms with Gasteiger partial charge in [-0.3, -0.25) is 0 Å². The van der Waals surface area contributed by atoms with Crippen molar-refractivity contribution < 1.29 is 5.11 Å². The summed E-state index contributed by atoms with van der Waals surface area (Å²) in [6.07, 6.45) is 0. The topological polar surface area (TPSA) is 44.3 Å². The molecule has 0 aliphatic carbocycles. The van der Waals surface area contributed by atoms with Gasteiger partial charge in [0.1, 0.15) is 0 Å². The maximum absolute atomic E-state index is 8.98. The molecule has 1 heterocycles. The van der Waals surface area contributed by atoms with E-state index in [1.165, 1.54) is 0 Å². The first-order valence-corrected chi connectivity index (χ1v) is 4.31. The maximum Gasteiger partial charge on any atom is 0.0587 e. The van der Waals surface area contributed by atoms with Crippen LogP contribution in [0.3, 0.4) is 0 Å². The van der Waals surface area contributed by atoms with Crippen molar-refractivity contribution in [3.05, 3.63) is 0 Å². The Kier molecular flexibility index (Phi) is 3.30. The largest absolute Gasteiger partial charge is 0.395 e. The van der Waals surface area contributed by atoms with Crippen molar-refractivity contribution in [3.8, 4) is 0 Å². The number of aliphatic hydroxyl groups excluding tert-OH is 1. The van der Waals surface area contributed by atoms with Gasteiger partial charge in [-0.2, -0.15) is 0 Å². The molecule has 0 aromatic rings. The molecular formula is C8H18N2O. The molecule has 1 fully saturated rings. The Bertz CT molecular complexity index is 113. The summed E-state index contributed by atoms with van der Waals surface area (Å²) < 4.78 is 0. The summed E-state index contributed by atoms with van der Waals surface area (Å²) in [4.78, 5) is 0. The minimum atomic E-state index is 0.244. The van der Waals surface area contributed by atoms with Crippen LogP contribution in [0.1, 0.15) is 13.8 Å². The van der Waals surface area contributed by atoms with E-state index >= 15 is 0 Å². The highest BCUT2D eigenvalue weighted by atomic mass is 16.3. The normalized spacial score (nSPS) is 21.8. The fraction of sp³-hybridized carbons (Fsp3) is 1.00. The van der Waals surface area contributed by atoms with Crippen LogP contribution in [-0.2, 0) is 0 Å². The van der Waals surface area contributed by atoms with Crippen molar-refractivity contribution in [2.45, 2.75) is 25.9 Å². The van der Waals surface area contributed by atoms with Gasteiger partial charge in [0, 0.05) is 25.2 Å². The van der Waals surface area contributed by atoms with Gasteiger partial charge in [-0.15, -0.1) is 0 Å². The highest BCUT2D eigenvalue weighted by Gasteiger charge is 2.21. The highest BCUT2D eigenvalue weighted by Crippen LogP contribution is 2.03. The van der Waals surface area contributed by atoms with Gasteiger partial charge in [-0.25, -0.2) is 0 Å². The molecular weight excluding hydrogens is 140 g/mol. The van der Waals surface area contributed by atoms with E-state index in [0.29, 0.717) is 12.0 Å². The van der Waals surface area contributed by atoms with Crippen LogP contribution < -0.4 is 10.6 Å². The van der Waals surface area contributed by atoms with Crippen molar-refractivity contribution in [3.63, 3.8) is 0 Å². The first kappa shape index (κ1) is 8.97. The highest BCUT2D eigenvalue weighted by molar-refractivity contribution is 4.85. The van der Waals surface area contributed by atoms with Crippen LogP contribution in [-0.4, -0.2) is 36.9 Å². The summed E-state index contributed by atoms with van der Waals surface area (Å²) in [7, 11) is 0. The fourth-order valence-electron chi connectivity index (χ4n) is 1.17. The Morgan fingerprint density at radius 3 is 2.45 bits per heavy atom. The van der Waals surface area contributed by atoms with Gasteiger partial charge in [-0.1, -0.05) is 13.8 Å². The molecule has 1 atom stereocenters. The molecule has 0 aromatic carbocycles. The van der Waals surface area contributed by atoms with Crippen LogP contribution in [0.25, 0.3) is 0 Å². The minimum Gasteiger partial charge on any atom is -0.395 e. The molecule has 1 aliphatic heterocycles. The minimum absolute atomic E-state index is 0.244. The Morgan fingerprint density at radius 1 is 1.55 bits per heavy atom. The Morgan fingerprint density at radius 2 is 2.18 bits per heavy atom. The fourth-order valence-corrected chi connectivity index (χ4v) is 1.17. The number of aliphatic hydroxyl groups is 1. The van der Waals surface area contributed by atoms with E-state index in [2.05, 4.69) is 24.5 Å². The van der Waals surface area contributed by atoms with Crippen LogP contribution in [0, 0.1) is 5.92 Å². The van der Waals surface area contributed by atoms with E-state index in [1.54, 1.807) is 0 Å². The van der Waals surface area contributed by atoms with E-state index in [4.69, 9.17) is 5.11 Å². The molecule has 1 unspecified atom stereocenters. The van der Waals surface area contributed by atoms with Crippen molar-refractivity contribution in [2.75, 3.05) is 19.7 Å². The molecule has 1 saturated heterocycles. The summed E-state index contributed by atoms with van der Waals surface area (Å²) in [6.45, 7) is 6.58. The van der Waals surface area contributed by atoms with Gasteiger partial charge in [0.05, 0.1) is 6.61 Å². The van der Waals surface area contributed by atoms with Crippen LogP contribution in [0.15, 0.2) is 0 Å². The number of rotatable bonds is 4. The monoisotopic (exact) mass is 158 g/mol. The zero-order valence-corrected chi connectivity index (χ0v) is 7.30. The maximum atomic E-state index is 8.98. The van der Waals surface area contributed by atoms with Gasteiger partial charge in [0.2, 0.25) is 0 Å². The summed E-state index contributed by atoms with van der Waals surface area (Å²) in [6, 6.07) is 0.844. The van der Waals surface area contributed by atoms with Crippen LogP contribution in [0.4, 0.5) is 0 Å². The van der Waals surface area contributed by atoms with Crippen LogP contribution in [0.5, 0.6) is 0 Å². The average molecular weight is 158 g/mol. The Hall–Kier alpha value is -0.120. The smallest absolute Gasteiger partial charge is 0.0587 e. The zero-order valence-electron chi connectivity index (χ0n) is 7.30. The zero-order chi connectivity index (χ0) is 8.27. The molecule has 1 aliphatic rings. The van der Waals surface area contributed by atoms with Gasteiger partial charge in [0.15, 0.2) is 0 Å². The number of hydrogen-bond donors (Lipinski definition) is 3. The third-order valence-electron chi connectivity index (χ3n) is 2.23. The second kappa shape index (κ2) is 4.04. The molecule has 0 aromatic heterocycles. The van der Waals surface area contributed by atoms with Crippen molar-refractivity contribution >= 4 is 0 Å². The lowest BCUT2D eigenvalue weighted by molar-refractivity contribution is 0.185. The predicted molar refractivity (Wildman–Crippen MR) is 45.5 cm³/mol. The van der Waals surface area contributed by atoms with Crippen LogP contribution >= 0.6 is 0 Å². The lowest BCUT2D eigenvalue weighted by atomic mass is 10.0. The SMILES string of the molecule is CC(C)C(CO)NC1CNC1. The van der Waals surface area contributed by atoms with Gasteiger partial charge in [-0.05, 0) is 5.92 Å². The molecule has 3 nitrogen and oxygen atoms in total. The third-order valence-corrected chi connectivity index (χ3v) is 2.23. The molecule has 0 amide bonds.